The third kappa shape index (κ3) is 4.08. The van der Waals surface area contributed by atoms with Gasteiger partial charge in [0.15, 0.2) is 0 Å². The number of carboxylic acids is 1. The second-order valence-corrected chi connectivity index (χ2v) is 4.86. The van der Waals surface area contributed by atoms with E-state index in [-0.39, 0.29) is 10.2 Å². The summed E-state index contributed by atoms with van der Waals surface area (Å²) in [6, 6.07) is 1.47. The highest BCUT2D eigenvalue weighted by Gasteiger charge is 2.31. The van der Waals surface area contributed by atoms with E-state index in [1.165, 1.54) is 6.92 Å². The van der Waals surface area contributed by atoms with Gasteiger partial charge in [0.1, 0.15) is 10.4 Å². The van der Waals surface area contributed by atoms with Crippen molar-refractivity contribution in [3.63, 3.8) is 0 Å². The first-order valence-electron chi connectivity index (χ1n) is 4.34. The van der Waals surface area contributed by atoms with E-state index in [2.05, 4.69) is 4.98 Å². The number of thioether (sulfide) groups is 1. The number of alkyl halides is 3. The SMILES string of the molecule is CC(Sc1cc(C(F)(F)F)cc(Cl)n1)C(=O)O. The maximum Gasteiger partial charge on any atom is 0.416 e. The smallest absolute Gasteiger partial charge is 0.416 e. The van der Waals surface area contributed by atoms with Crippen LogP contribution in [-0.4, -0.2) is 21.3 Å². The van der Waals surface area contributed by atoms with Crippen molar-refractivity contribution in [3.8, 4) is 0 Å². The van der Waals surface area contributed by atoms with E-state index in [4.69, 9.17) is 16.7 Å². The molecule has 1 heterocycles. The molecule has 0 spiro atoms. The van der Waals surface area contributed by atoms with Crippen molar-refractivity contribution in [1.29, 1.82) is 0 Å². The van der Waals surface area contributed by atoms with Crippen molar-refractivity contribution < 1.29 is 23.1 Å². The minimum Gasteiger partial charge on any atom is -0.480 e. The first-order valence-corrected chi connectivity index (χ1v) is 5.60. The molecule has 0 aliphatic heterocycles. The molecule has 1 aromatic rings. The highest BCUT2D eigenvalue weighted by Crippen LogP contribution is 2.33. The molecule has 17 heavy (non-hydrogen) atoms. The van der Waals surface area contributed by atoms with Crippen molar-refractivity contribution >= 4 is 29.3 Å². The van der Waals surface area contributed by atoms with E-state index < -0.39 is 23.0 Å². The van der Waals surface area contributed by atoms with Gasteiger partial charge in [0.25, 0.3) is 0 Å². The van der Waals surface area contributed by atoms with Crippen LogP contribution in [0.5, 0.6) is 0 Å². The standard InChI is InChI=1S/C9H7ClF3NO2S/c1-4(8(15)16)17-7-3-5(9(11,12)13)2-6(10)14-7/h2-4H,1H3,(H,15,16). The fourth-order valence-electron chi connectivity index (χ4n) is 0.928. The van der Waals surface area contributed by atoms with Gasteiger partial charge in [-0.1, -0.05) is 23.4 Å². The lowest BCUT2D eigenvalue weighted by Gasteiger charge is -2.10. The summed E-state index contributed by atoms with van der Waals surface area (Å²) < 4.78 is 37.3. The van der Waals surface area contributed by atoms with Gasteiger partial charge in [-0.3, -0.25) is 4.79 Å². The van der Waals surface area contributed by atoms with Gasteiger partial charge >= 0.3 is 12.1 Å². The molecule has 94 valence electrons. The zero-order valence-electron chi connectivity index (χ0n) is 8.45. The molecule has 3 nitrogen and oxygen atoms in total. The van der Waals surface area contributed by atoms with Crippen LogP contribution in [0, 0.1) is 0 Å². The number of carbonyl (C=O) groups is 1. The molecular weight excluding hydrogens is 279 g/mol. The lowest BCUT2D eigenvalue weighted by atomic mass is 10.3. The van der Waals surface area contributed by atoms with Gasteiger partial charge in [-0.2, -0.15) is 13.2 Å². The summed E-state index contributed by atoms with van der Waals surface area (Å²) in [5, 5.41) is 7.35. The highest BCUT2D eigenvalue weighted by atomic mass is 35.5. The Morgan fingerprint density at radius 2 is 2.12 bits per heavy atom. The Labute approximate surface area is 104 Å². The number of hydrogen-bond donors (Lipinski definition) is 1. The van der Waals surface area contributed by atoms with Crippen LogP contribution in [0.15, 0.2) is 17.2 Å². The third-order valence-electron chi connectivity index (χ3n) is 1.74. The Morgan fingerprint density at radius 3 is 2.59 bits per heavy atom. The Balaban J connectivity index is 3.02. The average Bonchev–Trinajstić information content (AvgIpc) is 2.15. The molecule has 1 aromatic heterocycles. The fraction of sp³-hybridized carbons (Fsp3) is 0.333. The van der Waals surface area contributed by atoms with E-state index in [1.54, 1.807) is 0 Å². The van der Waals surface area contributed by atoms with Crippen LogP contribution in [0.25, 0.3) is 0 Å². The predicted octanol–water partition coefficient (Wildman–Crippen LogP) is 3.32. The lowest BCUT2D eigenvalue weighted by molar-refractivity contribution is -0.138. The second-order valence-electron chi connectivity index (χ2n) is 3.11. The van der Waals surface area contributed by atoms with Crippen LogP contribution < -0.4 is 0 Å². The second kappa shape index (κ2) is 5.14. The summed E-state index contributed by atoms with van der Waals surface area (Å²) in [5.74, 6) is -1.13. The maximum absolute atomic E-state index is 12.4. The molecule has 0 radical (unpaired) electrons. The summed E-state index contributed by atoms with van der Waals surface area (Å²) in [4.78, 5) is 14.2. The molecule has 0 bridgehead atoms. The molecular formula is C9H7ClF3NO2S. The molecule has 1 atom stereocenters. The molecule has 0 saturated heterocycles. The molecule has 1 N–H and O–H groups in total. The Hall–Kier alpha value is -0.950. The van der Waals surface area contributed by atoms with E-state index >= 15 is 0 Å². The zero-order valence-corrected chi connectivity index (χ0v) is 10.0. The average molecular weight is 286 g/mol. The molecule has 0 amide bonds. The highest BCUT2D eigenvalue weighted by molar-refractivity contribution is 8.00. The van der Waals surface area contributed by atoms with Crippen molar-refractivity contribution in [2.75, 3.05) is 0 Å². The van der Waals surface area contributed by atoms with Gasteiger partial charge in [-0.15, -0.1) is 0 Å². The number of nitrogens with zero attached hydrogens (tertiary/aromatic N) is 1. The summed E-state index contributed by atoms with van der Waals surface area (Å²) in [7, 11) is 0. The van der Waals surface area contributed by atoms with E-state index in [1.807, 2.05) is 0 Å². The molecule has 0 aliphatic carbocycles. The quantitative estimate of drug-likeness (QED) is 0.684. The predicted molar refractivity (Wildman–Crippen MR) is 57.2 cm³/mol. The van der Waals surface area contributed by atoms with Crippen LogP contribution >= 0.6 is 23.4 Å². The fourth-order valence-corrected chi connectivity index (χ4v) is 2.00. The minimum atomic E-state index is -4.53. The van der Waals surface area contributed by atoms with Crippen LogP contribution in [0.1, 0.15) is 12.5 Å². The van der Waals surface area contributed by atoms with E-state index in [9.17, 15) is 18.0 Å². The van der Waals surface area contributed by atoms with Crippen molar-refractivity contribution in [2.24, 2.45) is 0 Å². The van der Waals surface area contributed by atoms with Gasteiger partial charge in [0, 0.05) is 0 Å². The van der Waals surface area contributed by atoms with Gasteiger partial charge < -0.3 is 5.11 Å². The van der Waals surface area contributed by atoms with Gasteiger partial charge in [-0.05, 0) is 19.1 Å². The maximum atomic E-state index is 12.4. The number of hydrogen-bond acceptors (Lipinski definition) is 3. The molecule has 1 unspecified atom stereocenters. The van der Waals surface area contributed by atoms with Gasteiger partial charge in [-0.25, -0.2) is 4.98 Å². The van der Waals surface area contributed by atoms with Crippen molar-refractivity contribution in [2.45, 2.75) is 23.4 Å². The van der Waals surface area contributed by atoms with Crippen LogP contribution in [-0.2, 0) is 11.0 Å². The van der Waals surface area contributed by atoms with Gasteiger partial charge in [0.05, 0.1) is 10.6 Å². The number of aromatic nitrogens is 1. The third-order valence-corrected chi connectivity index (χ3v) is 2.94. The molecule has 1 rings (SSSR count). The molecule has 0 fully saturated rings. The Morgan fingerprint density at radius 1 is 1.53 bits per heavy atom. The van der Waals surface area contributed by atoms with Crippen LogP contribution in [0.4, 0.5) is 13.2 Å². The number of aliphatic carboxylic acids is 1. The largest absolute Gasteiger partial charge is 0.480 e. The summed E-state index contributed by atoms with van der Waals surface area (Å²) >= 11 is 6.15. The Bertz CT molecular complexity index is 439. The molecule has 0 aliphatic rings. The number of rotatable bonds is 3. The topological polar surface area (TPSA) is 50.2 Å². The number of halogens is 4. The van der Waals surface area contributed by atoms with E-state index in [0.717, 1.165) is 6.07 Å². The van der Waals surface area contributed by atoms with Gasteiger partial charge in [0.2, 0.25) is 0 Å². The first-order chi connectivity index (χ1) is 7.70. The van der Waals surface area contributed by atoms with Crippen molar-refractivity contribution in [1.82, 2.24) is 4.98 Å². The molecule has 0 saturated carbocycles. The van der Waals surface area contributed by atoms with Crippen LogP contribution in [0.3, 0.4) is 0 Å². The summed E-state index contributed by atoms with van der Waals surface area (Å²) in [5.41, 5.74) is -0.947. The number of pyridine rings is 1. The number of carboxylic acid groups (broad SMARTS) is 1. The minimum absolute atomic E-state index is 0.0697. The van der Waals surface area contributed by atoms with E-state index in [0.29, 0.717) is 17.8 Å². The Kier molecular flexibility index (Phi) is 4.26. The molecule has 8 heteroatoms. The lowest BCUT2D eigenvalue weighted by Crippen LogP contribution is -2.12. The normalized spacial score (nSPS) is 13.5. The monoisotopic (exact) mass is 285 g/mol. The van der Waals surface area contributed by atoms with Crippen LogP contribution in [0.2, 0.25) is 5.15 Å². The molecule has 0 aromatic carbocycles. The first kappa shape index (κ1) is 14.1. The zero-order chi connectivity index (χ0) is 13.2. The summed E-state index contributed by atoms with van der Waals surface area (Å²) in [6.07, 6.45) is -4.53. The summed E-state index contributed by atoms with van der Waals surface area (Å²) in [6.45, 7) is 1.35. The van der Waals surface area contributed by atoms with Crippen molar-refractivity contribution in [3.05, 3.63) is 22.8 Å².